The van der Waals surface area contributed by atoms with E-state index >= 15 is 0 Å². The lowest BCUT2D eigenvalue weighted by atomic mass is 10.2. The third-order valence-corrected chi connectivity index (χ3v) is 3.95. The van der Waals surface area contributed by atoms with Gasteiger partial charge in [0.1, 0.15) is 5.75 Å². The second-order valence-corrected chi connectivity index (χ2v) is 6.06. The van der Waals surface area contributed by atoms with E-state index in [1.54, 1.807) is 18.2 Å². The molecule has 0 radical (unpaired) electrons. The zero-order valence-corrected chi connectivity index (χ0v) is 13.5. The molecule has 1 amide bonds. The highest BCUT2D eigenvalue weighted by molar-refractivity contribution is 6.32. The molecule has 1 aliphatic rings. The standard InChI is InChI=1S/C18H19ClN2O2/c19-14-5-1-3-7-16(14)23-17-8-4-2-6-15(17)21-18(22)12-20-11-13-9-10-13/h1-8,13,20H,9-12H2,(H,21,22). The number of para-hydroxylation sites is 3. The van der Waals surface area contributed by atoms with Crippen LogP contribution in [-0.4, -0.2) is 19.0 Å². The maximum atomic E-state index is 12.0. The summed E-state index contributed by atoms with van der Waals surface area (Å²) in [5, 5.41) is 6.57. The van der Waals surface area contributed by atoms with Gasteiger partial charge in [0.25, 0.3) is 0 Å². The van der Waals surface area contributed by atoms with Crippen molar-refractivity contribution in [3.63, 3.8) is 0 Å². The molecule has 0 unspecified atom stereocenters. The Bertz CT molecular complexity index is 686. The van der Waals surface area contributed by atoms with E-state index in [4.69, 9.17) is 16.3 Å². The number of anilines is 1. The molecule has 0 aromatic heterocycles. The Morgan fingerprint density at radius 3 is 2.52 bits per heavy atom. The van der Waals surface area contributed by atoms with Crippen LogP contribution < -0.4 is 15.4 Å². The van der Waals surface area contributed by atoms with E-state index in [9.17, 15) is 4.79 Å². The number of ether oxygens (including phenoxy) is 1. The molecule has 1 aliphatic carbocycles. The van der Waals surface area contributed by atoms with Crippen LogP contribution in [0.2, 0.25) is 5.02 Å². The summed E-state index contributed by atoms with van der Waals surface area (Å²) < 4.78 is 5.83. The summed E-state index contributed by atoms with van der Waals surface area (Å²) >= 11 is 6.11. The first-order valence-electron chi connectivity index (χ1n) is 7.74. The summed E-state index contributed by atoms with van der Waals surface area (Å²) in [6, 6.07) is 14.6. The van der Waals surface area contributed by atoms with Crippen molar-refractivity contribution >= 4 is 23.2 Å². The molecule has 1 saturated carbocycles. The third kappa shape index (κ3) is 4.71. The van der Waals surface area contributed by atoms with Gasteiger partial charge in [-0.25, -0.2) is 0 Å². The van der Waals surface area contributed by atoms with Crippen molar-refractivity contribution in [1.29, 1.82) is 0 Å². The topological polar surface area (TPSA) is 50.4 Å². The van der Waals surface area contributed by atoms with Crippen LogP contribution in [0.15, 0.2) is 48.5 Å². The predicted molar refractivity (Wildman–Crippen MR) is 92.2 cm³/mol. The fraction of sp³-hybridized carbons (Fsp3) is 0.278. The van der Waals surface area contributed by atoms with Crippen LogP contribution in [0.5, 0.6) is 11.5 Å². The Kier molecular flexibility index (Phi) is 5.16. The average molecular weight is 331 g/mol. The molecule has 3 rings (SSSR count). The Hall–Kier alpha value is -2.04. The molecule has 0 saturated heterocycles. The Morgan fingerprint density at radius 2 is 1.78 bits per heavy atom. The second-order valence-electron chi connectivity index (χ2n) is 5.65. The largest absolute Gasteiger partial charge is 0.454 e. The number of carbonyl (C=O) groups is 1. The third-order valence-electron chi connectivity index (χ3n) is 3.63. The van der Waals surface area contributed by atoms with E-state index in [1.807, 2.05) is 30.3 Å². The molecule has 2 aromatic rings. The number of rotatable bonds is 7. The highest BCUT2D eigenvalue weighted by Gasteiger charge is 2.20. The first-order valence-corrected chi connectivity index (χ1v) is 8.12. The number of nitrogens with one attached hydrogen (secondary N) is 2. The summed E-state index contributed by atoms with van der Waals surface area (Å²) in [7, 11) is 0. The predicted octanol–water partition coefficient (Wildman–Crippen LogP) is 4.07. The van der Waals surface area contributed by atoms with Gasteiger partial charge >= 0.3 is 0 Å². The number of hydrogen-bond donors (Lipinski definition) is 2. The van der Waals surface area contributed by atoms with Crippen molar-refractivity contribution in [2.24, 2.45) is 5.92 Å². The number of benzene rings is 2. The van der Waals surface area contributed by atoms with Gasteiger partial charge < -0.3 is 15.4 Å². The van der Waals surface area contributed by atoms with Gasteiger partial charge in [0.2, 0.25) is 5.91 Å². The molecule has 2 N–H and O–H groups in total. The van der Waals surface area contributed by atoms with Crippen molar-refractivity contribution in [1.82, 2.24) is 5.32 Å². The molecule has 2 aromatic carbocycles. The lowest BCUT2D eigenvalue weighted by Crippen LogP contribution is -2.29. The van der Waals surface area contributed by atoms with Crippen LogP contribution in [0.4, 0.5) is 5.69 Å². The highest BCUT2D eigenvalue weighted by atomic mass is 35.5. The molecule has 23 heavy (non-hydrogen) atoms. The zero-order valence-electron chi connectivity index (χ0n) is 12.7. The second kappa shape index (κ2) is 7.49. The Morgan fingerprint density at radius 1 is 1.09 bits per heavy atom. The number of hydrogen-bond acceptors (Lipinski definition) is 3. The molecule has 120 valence electrons. The lowest BCUT2D eigenvalue weighted by molar-refractivity contribution is -0.115. The summed E-state index contributed by atoms with van der Waals surface area (Å²) in [4.78, 5) is 12.0. The molecule has 0 bridgehead atoms. The molecule has 1 fully saturated rings. The summed E-state index contributed by atoms with van der Waals surface area (Å²) in [5.41, 5.74) is 0.630. The Labute approximate surface area is 140 Å². The SMILES string of the molecule is O=C(CNCC1CC1)Nc1ccccc1Oc1ccccc1Cl. The van der Waals surface area contributed by atoms with Crippen LogP contribution in [0, 0.1) is 5.92 Å². The lowest BCUT2D eigenvalue weighted by Gasteiger charge is -2.13. The molecule has 5 heteroatoms. The van der Waals surface area contributed by atoms with Gasteiger partial charge in [-0.3, -0.25) is 4.79 Å². The van der Waals surface area contributed by atoms with Crippen molar-refractivity contribution in [3.05, 3.63) is 53.6 Å². The van der Waals surface area contributed by atoms with Gasteiger partial charge in [0.15, 0.2) is 5.75 Å². The van der Waals surface area contributed by atoms with E-state index in [-0.39, 0.29) is 5.91 Å². The summed E-state index contributed by atoms with van der Waals surface area (Å²) in [6.07, 6.45) is 2.53. The van der Waals surface area contributed by atoms with Crippen LogP contribution in [-0.2, 0) is 4.79 Å². The molecular formula is C18H19ClN2O2. The minimum absolute atomic E-state index is 0.0825. The number of carbonyl (C=O) groups excluding carboxylic acids is 1. The zero-order chi connectivity index (χ0) is 16.1. The fourth-order valence-corrected chi connectivity index (χ4v) is 2.39. The van der Waals surface area contributed by atoms with E-state index in [0.29, 0.717) is 28.8 Å². The van der Waals surface area contributed by atoms with Crippen molar-refractivity contribution < 1.29 is 9.53 Å². The van der Waals surface area contributed by atoms with Gasteiger partial charge in [-0.05, 0) is 49.6 Å². The molecule has 0 heterocycles. The molecule has 4 nitrogen and oxygen atoms in total. The highest BCUT2D eigenvalue weighted by Crippen LogP contribution is 2.33. The maximum absolute atomic E-state index is 12.0. The summed E-state index contributed by atoms with van der Waals surface area (Å²) in [6.45, 7) is 1.21. The van der Waals surface area contributed by atoms with Gasteiger partial charge in [0.05, 0.1) is 17.3 Å². The smallest absolute Gasteiger partial charge is 0.238 e. The van der Waals surface area contributed by atoms with E-state index in [1.165, 1.54) is 12.8 Å². The first-order chi connectivity index (χ1) is 11.2. The monoisotopic (exact) mass is 330 g/mol. The van der Waals surface area contributed by atoms with Crippen molar-refractivity contribution in [2.75, 3.05) is 18.4 Å². The van der Waals surface area contributed by atoms with Crippen LogP contribution in [0.25, 0.3) is 0 Å². The first kappa shape index (κ1) is 15.8. The van der Waals surface area contributed by atoms with Crippen molar-refractivity contribution in [2.45, 2.75) is 12.8 Å². The van der Waals surface area contributed by atoms with Gasteiger partial charge in [-0.1, -0.05) is 35.9 Å². The molecule has 0 spiro atoms. The maximum Gasteiger partial charge on any atom is 0.238 e. The summed E-state index contributed by atoms with van der Waals surface area (Å²) in [5.74, 6) is 1.79. The van der Waals surface area contributed by atoms with Crippen LogP contribution in [0.1, 0.15) is 12.8 Å². The normalized spacial score (nSPS) is 13.6. The number of halogens is 1. The van der Waals surface area contributed by atoms with E-state index in [2.05, 4.69) is 10.6 Å². The fourth-order valence-electron chi connectivity index (χ4n) is 2.21. The molecule has 0 aliphatic heterocycles. The average Bonchev–Trinajstić information content (AvgIpc) is 3.36. The van der Waals surface area contributed by atoms with E-state index in [0.717, 1.165) is 12.5 Å². The minimum Gasteiger partial charge on any atom is -0.454 e. The quantitative estimate of drug-likeness (QED) is 0.804. The van der Waals surface area contributed by atoms with Crippen LogP contribution in [0.3, 0.4) is 0 Å². The molecule has 0 atom stereocenters. The number of amides is 1. The van der Waals surface area contributed by atoms with Gasteiger partial charge in [-0.2, -0.15) is 0 Å². The Balaban J connectivity index is 1.62. The van der Waals surface area contributed by atoms with Crippen LogP contribution >= 0.6 is 11.6 Å². The minimum atomic E-state index is -0.0825. The van der Waals surface area contributed by atoms with E-state index < -0.39 is 0 Å². The van der Waals surface area contributed by atoms with Gasteiger partial charge in [0, 0.05) is 0 Å². The van der Waals surface area contributed by atoms with Crippen molar-refractivity contribution in [3.8, 4) is 11.5 Å². The van der Waals surface area contributed by atoms with Gasteiger partial charge in [-0.15, -0.1) is 0 Å². The molecular weight excluding hydrogens is 312 g/mol.